The van der Waals surface area contributed by atoms with Crippen LogP contribution in [0.1, 0.15) is 6.42 Å². The van der Waals surface area contributed by atoms with Crippen LogP contribution in [0.2, 0.25) is 0 Å². The second-order valence-electron chi connectivity index (χ2n) is 7.12. The van der Waals surface area contributed by atoms with Crippen molar-refractivity contribution >= 4 is 23.1 Å². The molecule has 1 N–H and O–H groups in total. The number of halogens is 2. The van der Waals surface area contributed by atoms with E-state index in [0.29, 0.717) is 5.65 Å². The van der Waals surface area contributed by atoms with Gasteiger partial charge in [-0.2, -0.15) is 4.52 Å². The van der Waals surface area contributed by atoms with E-state index in [2.05, 4.69) is 30.4 Å². The minimum absolute atomic E-state index is 0.00912. The highest BCUT2D eigenvalue weighted by molar-refractivity contribution is 5.92. The number of piperidine rings is 1. The number of anilines is 2. The summed E-state index contributed by atoms with van der Waals surface area (Å²) in [5, 5.41) is 14.8. The zero-order valence-corrected chi connectivity index (χ0v) is 14.8. The topological polar surface area (TPSA) is 78.7 Å². The Hall–Kier alpha value is -3.14. The van der Waals surface area contributed by atoms with Crippen LogP contribution in [0, 0.1) is 11.6 Å². The van der Waals surface area contributed by atoms with Crippen LogP contribution >= 0.6 is 0 Å². The molecule has 3 aliphatic heterocycles. The average Bonchev–Trinajstić information content (AvgIpc) is 3.16. The number of amides is 1. The molecule has 6 rings (SSSR count). The van der Waals surface area contributed by atoms with Gasteiger partial charge in [-0.25, -0.2) is 8.78 Å². The summed E-state index contributed by atoms with van der Waals surface area (Å²) < 4.78 is 28.3. The molecular weight excluding hydrogens is 368 g/mol. The van der Waals surface area contributed by atoms with Crippen LogP contribution < -0.4 is 10.2 Å². The van der Waals surface area contributed by atoms with Crippen LogP contribution in [-0.2, 0) is 4.79 Å². The molecule has 5 heterocycles. The summed E-state index contributed by atoms with van der Waals surface area (Å²) in [7, 11) is 0. The van der Waals surface area contributed by atoms with Gasteiger partial charge in [0.15, 0.2) is 5.65 Å². The van der Waals surface area contributed by atoms with E-state index in [9.17, 15) is 13.6 Å². The number of benzene rings is 1. The number of carbonyl (C=O) groups is 1. The first-order valence-corrected chi connectivity index (χ1v) is 8.99. The third kappa shape index (κ3) is 2.95. The number of hydrogen-bond acceptors (Lipinski definition) is 6. The lowest BCUT2D eigenvalue weighted by Crippen LogP contribution is -2.69. The molecule has 1 aromatic carbocycles. The fourth-order valence-electron chi connectivity index (χ4n) is 3.97. The molecule has 1 amide bonds. The molecule has 144 valence electrons. The third-order valence-corrected chi connectivity index (χ3v) is 5.35. The van der Waals surface area contributed by atoms with Crippen molar-refractivity contribution in [2.75, 3.05) is 29.9 Å². The highest BCUT2D eigenvalue weighted by atomic mass is 19.1. The first kappa shape index (κ1) is 17.0. The Morgan fingerprint density at radius 2 is 2.00 bits per heavy atom. The van der Waals surface area contributed by atoms with Gasteiger partial charge in [-0.15, -0.1) is 15.3 Å². The minimum atomic E-state index is -0.779. The summed E-state index contributed by atoms with van der Waals surface area (Å²) in [4.78, 5) is 16.6. The van der Waals surface area contributed by atoms with Crippen molar-refractivity contribution in [2.24, 2.45) is 0 Å². The maximum Gasteiger partial charge on any atom is 0.238 e. The molecule has 2 aromatic heterocycles. The molecule has 3 aromatic rings. The Morgan fingerprint density at radius 1 is 1.18 bits per heavy atom. The van der Waals surface area contributed by atoms with Crippen molar-refractivity contribution in [1.82, 2.24) is 24.7 Å². The normalized spacial score (nSPS) is 21.6. The van der Waals surface area contributed by atoms with E-state index < -0.39 is 11.6 Å². The largest absolute Gasteiger partial charge is 0.352 e. The van der Waals surface area contributed by atoms with Gasteiger partial charge in [0.2, 0.25) is 5.91 Å². The van der Waals surface area contributed by atoms with Gasteiger partial charge in [-0.3, -0.25) is 9.69 Å². The first-order chi connectivity index (χ1) is 13.6. The number of fused-ring (bicyclic) bond motifs is 3. The average molecular weight is 385 g/mol. The Bertz CT molecular complexity index is 1040. The Balaban J connectivity index is 1.22. The number of carbonyl (C=O) groups excluding carboxylic acids is 1. The molecule has 3 saturated heterocycles. The number of nitrogens with one attached hydrogen (secondary N) is 1. The van der Waals surface area contributed by atoms with Crippen molar-refractivity contribution in [3.05, 3.63) is 48.3 Å². The Labute approximate surface area is 158 Å². The smallest absolute Gasteiger partial charge is 0.238 e. The Kier molecular flexibility index (Phi) is 3.93. The fourth-order valence-corrected chi connectivity index (χ4v) is 3.97. The van der Waals surface area contributed by atoms with Crippen molar-refractivity contribution in [3.63, 3.8) is 0 Å². The van der Waals surface area contributed by atoms with Crippen molar-refractivity contribution in [3.8, 4) is 0 Å². The number of nitrogens with zero attached hydrogens (tertiary/aromatic N) is 6. The van der Waals surface area contributed by atoms with Gasteiger partial charge >= 0.3 is 0 Å². The number of aromatic nitrogens is 4. The van der Waals surface area contributed by atoms with Crippen LogP contribution in [0.15, 0.2) is 36.7 Å². The molecule has 0 radical (unpaired) electrons. The fraction of sp³-hybridized carbons (Fsp3) is 0.333. The molecule has 3 fully saturated rings. The molecular formula is C18H17F2N7O. The van der Waals surface area contributed by atoms with Crippen LogP contribution in [0.5, 0.6) is 0 Å². The quantitative estimate of drug-likeness (QED) is 0.730. The van der Waals surface area contributed by atoms with Gasteiger partial charge in [-0.1, -0.05) is 0 Å². The summed E-state index contributed by atoms with van der Waals surface area (Å²) in [5.74, 6) is -0.915. The van der Waals surface area contributed by atoms with E-state index in [1.54, 1.807) is 10.8 Å². The summed E-state index contributed by atoms with van der Waals surface area (Å²) in [6.07, 6.45) is 2.58. The highest BCUT2D eigenvalue weighted by Gasteiger charge is 2.45. The lowest BCUT2D eigenvalue weighted by molar-refractivity contribution is -0.121. The molecule has 0 aliphatic carbocycles. The number of hydrogen-bond donors (Lipinski definition) is 1. The predicted molar refractivity (Wildman–Crippen MR) is 96.9 cm³/mol. The molecule has 2 unspecified atom stereocenters. The van der Waals surface area contributed by atoms with E-state index >= 15 is 0 Å². The van der Waals surface area contributed by atoms with E-state index in [-0.39, 0.29) is 30.2 Å². The molecule has 2 atom stereocenters. The third-order valence-electron chi connectivity index (χ3n) is 5.35. The van der Waals surface area contributed by atoms with Crippen LogP contribution in [0.3, 0.4) is 0 Å². The molecule has 2 bridgehead atoms. The zero-order chi connectivity index (χ0) is 19.3. The monoisotopic (exact) mass is 385 g/mol. The van der Waals surface area contributed by atoms with Gasteiger partial charge in [-0.05, 0) is 30.7 Å². The van der Waals surface area contributed by atoms with E-state index in [1.807, 2.05) is 12.1 Å². The van der Waals surface area contributed by atoms with Gasteiger partial charge < -0.3 is 10.2 Å². The van der Waals surface area contributed by atoms with E-state index in [0.717, 1.165) is 37.5 Å². The van der Waals surface area contributed by atoms with Gasteiger partial charge in [0.25, 0.3) is 0 Å². The second-order valence-corrected chi connectivity index (χ2v) is 7.12. The summed E-state index contributed by atoms with van der Waals surface area (Å²) in [5.41, 5.74) is 0.683. The minimum Gasteiger partial charge on any atom is -0.352 e. The lowest BCUT2D eigenvalue weighted by Gasteiger charge is -2.56. The predicted octanol–water partition coefficient (Wildman–Crippen LogP) is 1.30. The summed E-state index contributed by atoms with van der Waals surface area (Å²) in [6.45, 7) is 1.70. The maximum absolute atomic E-state index is 13.7. The molecule has 8 nitrogen and oxygen atoms in total. The number of rotatable bonds is 4. The first-order valence-electron chi connectivity index (χ1n) is 8.99. The lowest BCUT2D eigenvalue weighted by atomic mass is 9.87. The molecule has 28 heavy (non-hydrogen) atoms. The highest BCUT2D eigenvalue weighted by Crippen LogP contribution is 2.33. The standard InChI is InChI=1S/C18H17F2N7O/c19-11-1-2-15(14(20)5-11)22-18(28)9-26-12-6-13(26)8-25(7-12)17-4-3-16-23-21-10-27(16)24-17/h1-5,10,12-13H,6-9H2,(H,22,28). The van der Waals surface area contributed by atoms with Gasteiger partial charge in [0, 0.05) is 31.2 Å². The van der Waals surface area contributed by atoms with Crippen molar-refractivity contribution in [1.29, 1.82) is 0 Å². The maximum atomic E-state index is 13.7. The molecule has 10 heteroatoms. The van der Waals surface area contributed by atoms with E-state index in [4.69, 9.17) is 0 Å². The SMILES string of the molecule is O=C(CN1C2CC1CN(c1ccc3nncn3n1)C2)Nc1ccc(F)cc1F. The Morgan fingerprint density at radius 3 is 2.79 bits per heavy atom. The zero-order valence-electron chi connectivity index (χ0n) is 14.8. The second kappa shape index (κ2) is 6.48. The van der Waals surface area contributed by atoms with Gasteiger partial charge in [0.1, 0.15) is 23.8 Å². The van der Waals surface area contributed by atoms with Gasteiger partial charge in [0.05, 0.1) is 12.2 Å². The van der Waals surface area contributed by atoms with Crippen LogP contribution in [-0.4, -0.2) is 62.3 Å². The van der Waals surface area contributed by atoms with Crippen molar-refractivity contribution in [2.45, 2.75) is 18.5 Å². The van der Waals surface area contributed by atoms with E-state index in [1.165, 1.54) is 6.07 Å². The molecule has 3 aliphatic rings. The number of piperazine rings is 1. The van der Waals surface area contributed by atoms with Crippen molar-refractivity contribution < 1.29 is 13.6 Å². The summed E-state index contributed by atoms with van der Waals surface area (Å²) in [6, 6.07) is 7.37. The summed E-state index contributed by atoms with van der Waals surface area (Å²) >= 11 is 0. The van der Waals surface area contributed by atoms with Crippen LogP contribution in [0.4, 0.5) is 20.3 Å². The van der Waals surface area contributed by atoms with Crippen LogP contribution in [0.25, 0.3) is 5.65 Å². The molecule has 0 spiro atoms. The molecule has 0 saturated carbocycles.